The molecule has 1 aliphatic heterocycles. The van der Waals surface area contributed by atoms with Gasteiger partial charge in [-0.2, -0.15) is 0 Å². The van der Waals surface area contributed by atoms with Gasteiger partial charge in [-0.15, -0.1) is 11.3 Å². The molecule has 1 aromatic heterocycles. The summed E-state index contributed by atoms with van der Waals surface area (Å²) in [6.07, 6.45) is 1.92. The molecule has 1 N–H and O–H groups in total. The normalized spacial score (nSPS) is 14.4. The van der Waals surface area contributed by atoms with Gasteiger partial charge in [0.25, 0.3) is 0 Å². The summed E-state index contributed by atoms with van der Waals surface area (Å²) < 4.78 is 0. The van der Waals surface area contributed by atoms with Gasteiger partial charge >= 0.3 is 0 Å². The van der Waals surface area contributed by atoms with E-state index in [9.17, 15) is 0 Å². The van der Waals surface area contributed by atoms with Gasteiger partial charge in [-0.25, -0.2) is 0 Å². The molecule has 0 aromatic carbocycles. The molecule has 3 heteroatoms. The molecule has 0 saturated carbocycles. The van der Waals surface area contributed by atoms with Crippen molar-refractivity contribution in [3.63, 3.8) is 0 Å². The van der Waals surface area contributed by atoms with Gasteiger partial charge in [0.05, 0.1) is 17.9 Å². The molecule has 11 heavy (non-hydrogen) atoms. The molecule has 0 bridgehead atoms. The first-order valence-corrected chi connectivity index (χ1v) is 4.47. The van der Waals surface area contributed by atoms with Gasteiger partial charge in [0, 0.05) is 16.0 Å². The molecular weight excluding hydrogens is 156 g/mol. The Morgan fingerprint density at radius 3 is 3.00 bits per heavy atom. The van der Waals surface area contributed by atoms with E-state index in [1.807, 2.05) is 17.6 Å². The third-order valence-electron chi connectivity index (χ3n) is 1.82. The third kappa shape index (κ3) is 0.959. The summed E-state index contributed by atoms with van der Waals surface area (Å²) in [6.45, 7) is 5.11. The maximum absolute atomic E-state index is 4.34. The summed E-state index contributed by atoms with van der Waals surface area (Å²) in [4.78, 5) is 6.98. The summed E-state index contributed by atoms with van der Waals surface area (Å²) >= 11 is 1.81. The number of hydrogen-bond donors (Lipinski definition) is 1. The Morgan fingerprint density at radius 1 is 1.45 bits per heavy atom. The number of thiophene rings is 1. The van der Waals surface area contributed by atoms with Crippen LogP contribution in [-0.2, 0) is 0 Å². The first-order valence-electron chi connectivity index (χ1n) is 3.65. The van der Waals surface area contributed by atoms with Crippen LogP contribution < -0.4 is 5.32 Å². The number of anilines is 1. The molecule has 58 valence electrons. The smallest absolute Gasteiger partial charge is 0.0996 e. The number of hydrogen-bond acceptors (Lipinski definition) is 3. The fraction of sp³-hybridized carbons (Fsp3) is 0.375. The number of nitrogens with zero attached hydrogens (tertiary/aromatic N) is 1. The highest BCUT2D eigenvalue weighted by atomic mass is 32.1. The zero-order valence-electron chi connectivity index (χ0n) is 6.64. The second-order valence-electron chi connectivity index (χ2n) is 2.63. The molecule has 2 nitrogen and oxygen atoms in total. The minimum Gasteiger partial charge on any atom is -0.377 e. The maximum atomic E-state index is 4.34. The minimum absolute atomic E-state index is 0.865. The quantitative estimate of drug-likeness (QED) is 0.629. The molecule has 0 amide bonds. The number of aryl methyl sites for hydroxylation is 2. The van der Waals surface area contributed by atoms with E-state index in [0.717, 1.165) is 12.2 Å². The van der Waals surface area contributed by atoms with E-state index in [1.54, 1.807) is 0 Å². The average molecular weight is 166 g/mol. The Bertz CT molecular complexity index is 312. The van der Waals surface area contributed by atoms with Gasteiger partial charge < -0.3 is 5.32 Å². The van der Waals surface area contributed by atoms with E-state index >= 15 is 0 Å². The first-order chi connectivity index (χ1) is 5.29. The van der Waals surface area contributed by atoms with Gasteiger partial charge in [0.15, 0.2) is 0 Å². The SMILES string of the molecule is Cc1sc(C)c2c1N=CCN2. The number of aliphatic imine (C=N–C) groups is 1. The van der Waals surface area contributed by atoms with Crippen LogP contribution in [-0.4, -0.2) is 12.8 Å². The van der Waals surface area contributed by atoms with Gasteiger partial charge in [-0.1, -0.05) is 0 Å². The van der Waals surface area contributed by atoms with E-state index < -0.39 is 0 Å². The fourth-order valence-electron chi connectivity index (χ4n) is 1.32. The van der Waals surface area contributed by atoms with Crippen LogP contribution in [0.25, 0.3) is 0 Å². The largest absolute Gasteiger partial charge is 0.377 e. The standard InChI is InChI=1S/C8H10N2S/c1-5-7-8(6(2)11-5)10-4-3-9-7/h3,10H,4H2,1-2H3. The lowest BCUT2D eigenvalue weighted by Gasteiger charge is -2.08. The molecule has 0 saturated heterocycles. The third-order valence-corrected chi connectivity index (χ3v) is 2.83. The van der Waals surface area contributed by atoms with Crippen molar-refractivity contribution >= 4 is 28.9 Å². The van der Waals surface area contributed by atoms with Crippen molar-refractivity contribution in [3.8, 4) is 0 Å². The Morgan fingerprint density at radius 2 is 2.27 bits per heavy atom. The first kappa shape index (κ1) is 6.85. The summed E-state index contributed by atoms with van der Waals surface area (Å²) in [5.74, 6) is 0. The van der Waals surface area contributed by atoms with Crippen molar-refractivity contribution in [1.82, 2.24) is 0 Å². The minimum atomic E-state index is 0.865. The van der Waals surface area contributed by atoms with Crippen molar-refractivity contribution in [2.45, 2.75) is 13.8 Å². The van der Waals surface area contributed by atoms with E-state index in [1.165, 1.54) is 15.4 Å². The van der Waals surface area contributed by atoms with Crippen LogP contribution in [0.3, 0.4) is 0 Å². The molecule has 1 aliphatic rings. The topological polar surface area (TPSA) is 24.4 Å². The van der Waals surface area contributed by atoms with Crippen LogP contribution >= 0.6 is 11.3 Å². The number of rotatable bonds is 0. The zero-order chi connectivity index (χ0) is 7.84. The molecule has 2 rings (SSSR count). The molecule has 0 atom stereocenters. The van der Waals surface area contributed by atoms with Crippen molar-refractivity contribution in [3.05, 3.63) is 9.75 Å². The monoisotopic (exact) mass is 166 g/mol. The Labute approximate surface area is 70.0 Å². The average Bonchev–Trinajstić information content (AvgIpc) is 2.30. The van der Waals surface area contributed by atoms with Crippen molar-refractivity contribution < 1.29 is 0 Å². The lowest BCUT2D eigenvalue weighted by molar-refractivity contribution is 1.32. The molecule has 2 heterocycles. The lowest BCUT2D eigenvalue weighted by atomic mass is 10.3. The predicted molar refractivity (Wildman–Crippen MR) is 50.4 cm³/mol. The Kier molecular flexibility index (Phi) is 1.46. The lowest BCUT2D eigenvalue weighted by Crippen LogP contribution is -2.06. The molecule has 1 aromatic rings. The van der Waals surface area contributed by atoms with Crippen molar-refractivity contribution in [1.29, 1.82) is 0 Å². The van der Waals surface area contributed by atoms with E-state index in [4.69, 9.17) is 0 Å². The van der Waals surface area contributed by atoms with Gasteiger partial charge in [-0.05, 0) is 13.8 Å². The van der Waals surface area contributed by atoms with Gasteiger partial charge in [0.1, 0.15) is 0 Å². The highest BCUT2D eigenvalue weighted by Gasteiger charge is 2.13. The van der Waals surface area contributed by atoms with E-state index in [-0.39, 0.29) is 0 Å². The van der Waals surface area contributed by atoms with Crippen LogP contribution in [0.5, 0.6) is 0 Å². The number of nitrogens with one attached hydrogen (secondary N) is 1. The molecule has 0 fully saturated rings. The van der Waals surface area contributed by atoms with Crippen LogP contribution in [0.1, 0.15) is 9.75 Å². The Balaban J connectivity index is 2.63. The molecule has 0 radical (unpaired) electrons. The van der Waals surface area contributed by atoms with Crippen LogP contribution in [0, 0.1) is 13.8 Å². The highest BCUT2D eigenvalue weighted by Crippen LogP contribution is 2.39. The summed E-state index contributed by atoms with van der Waals surface area (Å²) in [5, 5.41) is 3.31. The number of fused-ring (bicyclic) bond motifs is 1. The molecule has 0 aliphatic carbocycles. The summed E-state index contributed by atoms with van der Waals surface area (Å²) in [7, 11) is 0. The highest BCUT2D eigenvalue weighted by molar-refractivity contribution is 7.13. The summed E-state index contributed by atoms with van der Waals surface area (Å²) in [6, 6.07) is 0. The van der Waals surface area contributed by atoms with Gasteiger partial charge in [-0.3, -0.25) is 4.99 Å². The van der Waals surface area contributed by atoms with Crippen molar-refractivity contribution in [2.24, 2.45) is 4.99 Å². The van der Waals surface area contributed by atoms with Crippen LogP contribution in [0.2, 0.25) is 0 Å². The van der Waals surface area contributed by atoms with Crippen LogP contribution in [0.4, 0.5) is 11.4 Å². The zero-order valence-corrected chi connectivity index (χ0v) is 7.46. The molecule has 0 spiro atoms. The second kappa shape index (κ2) is 2.34. The second-order valence-corrected chi connectivity index (χ2v) is 4.06. The Hall–Kier alpha value is -0.830. The predicted octanol–water partition coefficient (Wildman–Crippen LogP) is 2.49. The van der Waals surface area contributed by atoms with Crippen LogP contribution in [0.15, 0.2) is 4.99 Å². The van der Waals surface area contributed by atoms with Crippen molar-refractivity contribution in [2.75, 3.05) is 11.9 Å². The summed E-state index contributed by atoms with van der Waals surface area (Å²) in [5.41, 5.74) is 2.37. The molecular formula is C8H10N2S. The van der Waals surface area contributed by atoms with E-state index in [0.29, 0.717) is 0 Å². The van der Waals surface area contributed by atoms with Gasteiger partial charge in [0.2, 0.25) is 0 Å². The fourth-order valence-corrected chi connectivity index (χ4v) is 2.30. The maximum Gasteiger partial charge on any atom is 0.0996 e. The van der Waals surface area contributed by atoms with E-state index in [2.05, 4.69) is 24.2 Å². The molecule has 0 unspecified atom stereocenters.